The first-order chi connectivity index (χ1) is 8.09. The normalized spacial score (nSPS) is 9.06. The molecule has 0 radical (unpaired) electrons. The Morgan fingerprint density at radius 2 is 1.29 bits per heavy atom. The van der Waals surface area contributed by atoms with E-state index < -0.39 is 5.24 Å². The van der Waals surface area contributed by atoms with Crippen LogP contribution in [-0.4, -0.2) is 5.24 Å². The molecule has 17 heavy (non-hydrogen) atoms. The molecule has 0 aliphatic carbocycles. The van der Waals surface area contributed by atoms with Gasteiger partial charge in [-0.3, -0.25) is 4.79 Å². The van der Waals surface area contributed by atoms with Gasteiger partial charge in [-0.25, -0.2) is 0 Å². The monoisotopic (exact) mass is 263 g/mol. The van der Waals surface area contributed by atoms with Crippen molar-refractivity contribution >= 4 is 30.5 Å². The van der Waals surface area contributed by atoms with E-state index in [2.05, 4.69) is 55.3 Å². The van der Waals surface area contributed by atoms with E-state index in [1.54, 1.807) is 0 Å². The average molecular weight is 263 g/mol. The fourth-order valence-corrected chi connectivity index (χ4v) is 1.43. The van der Waals surface area contributed by atoms with E-state index in [0.717, 1.165) is 4.90 Å². The van der Waals surface area contributed by atoms with Crippen molar-refractivity contribution in [2.24, 2.45) is 5.73 Å². The van der Waals surface area contributed by atoms with Crippen LogP contribution in [0, 0.1) is 0 Å². The topological polar surface area (TPSA) is 43.1 Å². The Labute approximate surface area is 112 Å². The lowest BCUT2D eigenvalue weighted by Gasteiger charge is -2.00. The Balaban J connectivity index is 0.000000317. The van der Waals surface area contributed by atoms with Crippen LogP contribution in [0.1, 0.15) is 0 Å². The van der Waals surface area contributed by atoms with Crippen molar-refractivity contribution in [2.45, 2.75) is 4.90 Å². The molecular weight excluding hydrogens is 250 g/mol. The molecule has 0 aromatic heterocycles. The van der Waals surface area contributed by atoms with E-state index in [0.29, 0.717) is 0 Å². The van der Waals surface area contributed by atoms with E-state index in [1.807, 2.05) is 30.3 Å². The van der Waals surface area contributed by atoms with Gasteiger partial charge in [0, 0.05) is 4.90 Å². The van der Waals surface area contributed by atoms with Crippen LogP contribution in [0.5, 0.6) is 0 Å². The molecule has 0 fully saturated rings. The Kier molecular flexibility index (Phi) is 5.66. The van der Waals surface area contributed by atoms with Crippen LogP contribution in [0.25, 0.3) is 11.1 Å². The molecule has 0 spiro atoms. The quantitative estimate of drug-likeness (QED) is 0.676. The SMILES string of the molecule is NC(=O)S.Sc1ccc(-c2ccccc2)cc1. The van der Waals surface area contributed by atoms with Gasteiger partial charge in [0.2, 0.25) is 0 Å². The maximum absolute atomic E-state index is 9.09. The highest BCUT2D eigenvalue weighted by molar-refractivity contribution is 7.96. The average Bonchev–Trinajstić information content (AvgIpc) is 2.30. The first-order valence-corrected chi connectivity index (χ1v) is 5.82. The van der Waals surface area contributed by atoms with Gasteiger partial charge in [0.15, 0.2) is 0 Å². The molecule has 0 atom stereocenters. The summed E-state index contributed by atoms with van der Waals surface area (Å²) in [5, 5.41) is -0.639. The molecule has 2 N–H and O–H groups in total. The second-order valence-corrected chi connectivity index (χ2v) is 4.21. The van der Waals surface area contributed by atoms with Crippen LogP contribution >= 0.6 is 25.3 Å². The summed E-state index contributed by atoms with van der Waals surface area (Å²) in [5.74, 6) is 0. The molecule has 2 aromatic rings. The number of carbonyl (C=O) groups excluding carboxylic acids is 1. The van der Waals surface area contributed by atoms with Crippen molar-refractivity contribution in [1.82, 2.24) is 0 Å². The molecule has 0 saturated heterocycles. The van der Waals surface area contributed by atoms with Gasteiger partial charge in [-0.2, -0.15) is 0 Å². The number of hydrogen-bond acceptors (Lipinski definition) is 2. The molecule has 0 unspecified atom stereocenters. The maximum Gasteiger partial charge on any atom is 0.273 e. The van der Waals surface area contributed by atoms with Crippen molar-refractivity contribution in [3.63, 3.8) is 0 Å². The largest absolute Gasteiger partial charge is 0.361 e. The van der Waals surface area contributed by atoms with E-state index >= 15 is 0 Å². The van der Waals surface area contributed by atoms with Crippen molar-refractivity contribution in [3.05, 3.63) is 54.6 Å². The summed E-state index contributed by atoms with van der Waals surface area (Å²) >= 11 is 7.35. The fourth-order valence-electron chi connectivity index (χ4n) is 1.28. The molecule has 0 aliphatic heterocycles. The number of carbonyl (C=O) groups is 1. The summed E-state index contributed by atoms with van der Waals surface area (Å²) in [6.45, 7) is 0. The zero-order valence-corrected chi connectivity index (χ0v) is 10.9. The highest BCUT2D eigenvalue weighted by Crippen LogP contribution is 2.19. The van der Waals surface area contributed by atoms with Gasteiger partial charge in [-0.15, -0.1) is 12.6 Å². The predicted octanol–water partition coefficient (Wildman–Crippen LogP) is 3.64. The van der Waals surface area contributed by atoms with Gasteiger partial charge in [-0.05, 0) is 23.3 Å². The second kappa shape index (κ2) is 7.04. The molecule has 0 aliphatic rings. The number of thiol groups is 2. The van der Waals surface area contributed by atoms with Crippen LogP contribution < -0.4 is 5.73 Å². The van der Waals surface area contributed by atoms with E-state index in [1.165, 1.54) is 11.1 Å². The van der Waals surface area contributed by atoms with Crippen LogP contribution in [0.2, 0.25) is 0 Å². The maximum atomic E-state index is 9.09. The van der Waals surface area contributed by atoms with Crippen LogP contribution in [0.4, 0.5) is 4.79 Å². The molecule has 88 valence electrons. The summed E-state index contributed by atoms with van der Waals surface area (Å²) in [5.41, 5.74) is 6.82. The molecule has 1 amide bonds. The van der Waals surface area contributed by atoms with Gasteiger partial charge in [0.25, 0.3) is 5.24 Å². The van der Waals surface area contributed by atoms with Gasteiger partial charge in [0.05, 0.1) is 0 Å². The molecule has 0 bridgehead atoms. The fraction of sp³-hybridized carbons (Fsp3) is 0. The third-order valence-electron chi connectivity index (χ3n) is 1.97. The smallest absolute Gasteiger partial charge is 0.273 e. The molecule has 0 saturated carbocycles. The molecule has 0 heterocycles. The third kappa shape index (κ3) is 5.47. The Hall–Kier alpha value is -1.39. The molecule has 2 rings (SSSR count). The van der Waals surface area contributed by atoms with Crippen LogP contribution in [0.15, 0.2) is 59.5 Å². The zero-order chi connectivity index (χ0) is 12.7. The third-order valence-corrected chi connectivity index (χ3v) is 2.27. The van der Waals surface area contributed by atoms with Gasteiger partial charge in [0.1, 0.15) is 0 Å². The summed E-state index contributed by atoms with van der Waals surface area (Å²) in [4.78, 5) is 10.1. The first kappa shape index (κ1) is 13.7. The molecular formula is C13H13NOS2. The highest BCUT2D eigenvalue weighted by atomic mass is 32.1. The van der Waals surface area contributed by atoms with Crippen molar-refractivity contribution in [3.8, 4) is 11.1 Å². The molecule has 2 nitrogen and oxygen atoms in total. The number of hydrogen-bond donors (Lipinski definition) is 3. The molecule has 4 heteroatoms. The van der Waals surface area contributed by atoms with Crippen molar-refractivity contribution < 1.29 is 4.79 Å². The summed E-state index contributed by atoms with van der Waals surface area (Å²) in [6.07, 6.45) is 0. The number of benzene rings is 2. The minimum absolute atomic E-state index is 0.639. The van der Waals surface area contributed by atoms with Gasteiger partial charge in [-0.1, -0.05) is 55.1 Å². The summed E-state index contributed by atoms with van der Waals surface area (Å²) < 4.78 is 0. The summed E-state index contributed by atoms with van der Waals surface area (Å²) in [7, 11) is 0. The van der Waals surface area contributed by atoms with E-state index in [4.69, 9.17) is 4.79 Å². The highest BCUT2D eigenvalue weighted by Gasteiger charge is 1.94. The summed E-state index contributed by atoms with van der Waals surface area (Å²) in [6, 6.07) is 18.5. The standard InChI is InChI=1S/C12H10S.CH3NOS/c13-12-8-6-11(7-9-12)10-4-2-1-3-5-10;2-1(3)4/h1-9,13H;(H3,2,3,4). The Morgan fingerprint density at radius 1 is 0.882 bits per heavy atom. The number of rotatable bonds is 1. The van der Waals surface area contributed by atoms with Gasteiger partial charge >= 0.3 is 0 Å². The van der Waals surface area contributed by atoms with Gasteiger partial charge < -0.3 is 5.73 Å². The van der Waals surface area contributed by atoms with Crippen molar-refractivity contribution in [1.29, 1.82) is 0 Å². The Morgan fingerprint density at radius 3 is 1.76 bits per heavy atom. The Bertz CT molecular complexity index is 465. The van der Waals surface area contributed by atoms with E-state index in [-0.39, 0.29) is 0 Å². The zero-order valence-electron chi connectivity index (χ0n) is 9.08. The minimum atomic E-state index is -0.639. The number of primary amides is 1. The van der Waals surface area contributed by atoms with Crippen LogP contribution in [-0.2, 0) is 0 Å². The number of nitrogens with two attached hydrogens (primary N) is 1. The predicted molar refractivity (Wildman–Crippen MR) is 77.7 cm³/mol. The van der Waals surface area contributed by atoms with Crippen molar-refractivity contribution in [2.75, 3.05) is 0 Å². The number of amides is 1. The molecule has 2 aromatic carbocycles. The lowest BCUT2D eigenvalue weighted by atomic mass is 10.1. The lowest BCUT2D eigenvalue weighted by Crippen LogP contribution is -1.95. The van der Waals surface area contributed by atoms with E-state index in [9.17, 15) is 0 Å². The lowest BCUT2D eigenvalue weighted by molar-refractivity contribution is 0.267. The first-order valence-electron chi connectivity index (χ1n) is 4.92. The van der Waals surface area contributed by atoms with Crippen LogP contribution in [0.3, 0.4) is 0 Å². The second-order valence-electron chi connectivity index (χ2n) is 3.25. The minimum Gasteiger partial charge on any atom is -0.361 e.